The molecule has 0 unspecified atom stereocenters. The second kappa shape index (κ2) is 5.11. The molecular weight excluding hydrogens is 245 g/mol. The van der Waals surface area contributed by atoms with Gasteiger partial charge in [0.25, 0.3) is 0 Å². The topological polar surface area (TPSA) is 39.2 Å². The number of aromatic nitrogens is 1. The van der Waals surface area contributed by atoms with E-state index in [0.29, 0.717) is 10.2 Å². The van der Waals surface area contributed by atoms with Crippen molar-refractivity contribution in [2.45, 2.75) is 0 Å². The Hall–Kier alpha value is -0.610. The predicted molar refractivity (Wildman–Crippen MR) is 50.5 cm³/mol. The van der Waals surface area contributed by atoms with Crippen molar-refractivity contribution in [1.82, 2.24) is 4.98 Å². The van der Waals surface area contributed by atoms with Crippen LogP contribution in [-0.2, 0) is 4.74 Å². The summed E-state index contributed by atoms with van der Waals surface area (Å²) in [5.41, 5.74) is 0.495. The fourth-order valence-electron chi connectivity index (χ4n) is 0.647. The molecule has 0 saturated carbocycles. The van der Waals surface area contributed by atoms with Crippen LogP contribution in [0.15, 0.2) is 22.9 Å². The van der Waals surface area contributed by atoms with Crippen molar-refractivity contribution in [3.8, 4) is 0 Å². The molecule has 5 heteroatoms. The van der Waals surface area contributed by atoms with E-state index >= 15 is 0 Å². The van der Waals surface area contributed by atoms with Gasteiger partial charge in [0, 0.05) is 6.20 Å². The molecule has 0 spiro atoms. The molecule has 12 heavy (non-hydrogen) atoms. The minimum Gasteiger partial charge on any atom is -0.465 e. The third-order valence-electron chi connectivity index (χ3n) is 1.15. The summed E-state index contributed by atoms with van der Waals surface area (Å²) < 4.78 is 5.13. The van der Waals surface area contributed by atoms with Gasteiger partial charge in [-0.2, -0.15) is 0 Å². The minimum atomic E-state index is -0.354. The summed E-state index contributed by atoms with van der Waals surface area (Å²) in [6.45, 7) is 0. The van der Waals surface area contributed by atoms with Crippen LogP contribution in [0.1, 0.15) is 10.4 Å². The SMILES string of the molecule is COC(=O)c1ccnc(Br)c1.Cl. The zero-order chi connectivity index (χ0) is 8.27. The number of halogens is 2. The Balaban J connectivity index is 0.00000121. The molecule has 0 aliphatic rings. The normalized spacial score (nSPS) is 8.50. The zero-order valence-electron chi connectivity index (χ0n) is 6.28. The predicted octanol–water partition coefficient (Wildman–Crippen LogP) is 2.05. The summed E-state index contributed by atoms with van der Waals surface area (Å²) in [5, 5.41) is 0. The van der Waals surface area contributed by atoms with Gasteiger partial charge >= 0.3 is 5.97 Å². The fraction of sp³-hybridized carbons (Fsp3) is 0.143. The lowest BCUT2D eigenvalue weighted by Gasteiger charge is -1.97. The Morgan fingerprint density at radius 2 is 2.33 bits per heavy atom. The van der Waals surface area contributed by atoms with E-state index in [1.165, 1.54) is 13.3 Å². The van der Waals surface area contributed by atoms with Crippen molar-refractivity contribution < 1.29 is 9.53 Å². The van der Waals surface area contributed by atoms with E-state index in [-0.39, 0.29) is 18.4 Å². The average molecular weight is 252 g/mol. The first-order valence-electron chi connectivity index (χ1n) is 2.94. The number of nitrogens with zero attached hydrogens (tertiary/aromatic N) is 1. The maximum atomic E-state index is 10.9. The monoisotopic (exact) mass is 251 g/mol. The van der Waals surface area contributed by atoms with E-state index < -0.39 is 0 Å². The van der Waals surface area contributed by atoms with Crippen LogP contribution >= 0.6 is 28.3 Å². The van der Waals surface area contributed by atoms with Crippen molar-refractivity contribution in [3.63, 3.8) is 0 Å². The van der Waals surface area contributed by atoms with Gasteiger partial charge in [-0.05, 0) is 28.1 Å². The summed E-state index contributed by atoms with van der Waals surface area (Å²) >= 11 is 3.14. The van der Waals surface area contributed by atoms with Gasteiger partial charge in [-0.25, -0.2) is 9.78 Å². The molecule has 1 heterocycles. The van der Waals surface area contributed by atoms with Crippen molar-refractivity contribution in [2.75, 3.05) is 7.11 Å². The van der Waals surface area contributed by atoms with Crippen LogP contribution in [0.3, 0.4) is 0 Å². The van der Waals surface area contributed by atoms with Gasteiger partial charge in [-0.3, -0.25) is 0 Å². The van der Waals surface area contributed by atoms with Gasteiger partial charge in [0.1, 0.15) is 4.60 Å². The summed E-state index contributed by atoms with van der Waals surface area (Å²) in [6.07, 6.45) is 1.54. The van der Waals surface area contributed by atoms with E-state index in [0.717, 1.165) is 0 Å². The van der Waals surface area contributed by atoms with Crippen LogP contribution in [0, 0.1) is 0 Å². The largest absolute Gasteiger partial charge is 0.465 e. The molecule has 0 atom stereocenters. The van der Waals surface area contributed by atoms with Crippen LogP contribution in [0.4, 0.5) is 0 Å². The second-order valence-corrected chi connectivity index (χ2v) is 2.67. The quantitative estimate of drug-likeness (QED) is 0.567. The standard InChI is InChI=1S/C7H6BrNO2.ClH/c1-11-7(10)5-2-3-9-6(8)4-5;/h2-4H,1H3;1H. The number of carbonyl (C=O) groups is 1. The van der Waals surface area contributed by atoms with E-state index in [4.69, 9.17) is 0 Å². The van der Waals surface area contributed by atoms with E-state index in [9.17, 15) is 4.79 Å². The third-order valence-corrected chi connectivity index (χ3v) is 1.58. The summed E-state index contributed by atoms with van der Waals surface area (Å²) in [4.78, 5) is 14.8. The van der Waals surface area contributed by atoms with E-state index in [1.54, 1.807) is 12.1 Å². The molecule has 1 rings (SSSR count). The molecule has 66 valence electrons. The molecule has 1 aromatic rings. The maximum absolute atomic E-state index is 10.9. The number of hydrogen-bond donors (Lipinski definition) is 0. The summed E-state index contributed by atoms with van der Waals surface area (Å²) in [7, 11) is 1.34. The lowest BCUT2D eigenvalue weighted by Crippen LogP contribution is -2.00. The molecule has 0 fully saturated rings. The van der Waals surface area contributed by atoms with E-state index in [1.807, 2.05) is 0 Å². The molecule has 1 aromatic heterocycles. The van der Waals surface area contributed by atoms with Gasteiger partial charge < -0.3 is 4.74 Å². The number of esters is 1. The summed E-state index contributed by atoms with van der Waals surface area (Å²) in [5.74, 6) is -0.354. The molecule has 0 amide bonds. The lowest BCUT2D eigenvalue weighted by atomic mass is 10.3. The van der Waals surface area contributed by atoms with E-state index in [2.05, 4.69) is 25.7 Å². The first-order chi connectivity index (χ1) is 5.24. The minimum absolute atomic E-state index is 0. The van der Waals surface area contributed by atoms with Crippen molar-refractivity contribution >= 4 is 34.3 Å². The number of ether oxygens (including phenoxy) is 1. The fourth-order valence-corrected chi connectivity index (χ4v) is 1.01. The number of carbonyl (C=O) groups excluding carboxylic acids is 1. The third kappa shape index (κ3) is 2.79. The number of pyridine rings is 1. The highest BCUT2D eigenvalue weighted by atomic mass is 79.9. The average Bonchev–Trinajstić information content (AvgIpc) is 2.03. The number of methoxy groups -OCH3 is 1. The molecule has 0 aliphatic carbocycles. The zero-order valence-corrected chi connectivity index (χ0v) is 8.68. The van der Waals surface area contributed by atoms with Crippen LogP contribution in [0.5, 0.6) is 0 Å². The van der Waals surface area contributed by atoms with Crippen molar-refractivity contribution in [2.24, 2.45) is 0 Å². The molecule has 0 bridgehead atoms. The van der Waals surface area contributed by atoms with Crippen LogP contribution in [0.25, 0.3) is 0 Å². The highest BCUT2D eigenvalue weighted by Gasteiger charge is 2.03. The van der Waals surface area contributed by atoms with Crippen molar-refractivity contribution in [3.05, 3.63) is 28.5 Å². The number of hydrogen-bond acceptors (Lipinski definition) is 3. The first-order valence-corrected chi connectivity index (χ1v) is 3.73. The Morgan fingerprint density at radius 3 is 2.83 bits per heavy atom. The van der Waals surface area contributed by atoms with Crippen LogP contribution < -0.4 is 0 Å². The molecule has 0 N–H and O–H groups in total. The van der Waals surface area contributed by atoms with Gasteiger partial charge in [0.2, 0.25) is 0 Å². The molecule has 3 nitrogen and oxygen atoms in total. The van der Waals surface area contributed by atoms with Gasteiger partial charge in [0.15, 0.2) is 0 Å². The van der Waals surface area contributed by atoms with Gasteiger partial charge in [-0.15, -0.1) is 12.4 Å². The Kier molecular flexibility index (Phi) is 4.85. The molecular formula is C7H7BrClNO2. The Morgan fingerprint density at radius 1 is 1.67 bits per heavy atom. The maximum Gasteiger partial charge on any atom is 0.337 e. The lowest BCUT2D eigenvalue weighted by molar-refractivity contribution is 0.0600. The molecule has 0 aromatic carbocycles. The molecule has 0 saturated heterocycles. The van der Waals surface area contributed by atoms with Crippen LogP contribution in [-0.4, -0.2) is 18.1 Å². The number of rotatable bonds is 1. The molecule has 0 aliphatic heterocycles. The van der Waals surface area contributed by atoms with Crippen LogP contribution in [0.2, 0.25) is 0 Å². The molecule has 0 radical (unpaired) electrons. The Bertz CT molecular complexity index is 280. The second-order valence-electron chi connectivity index (χ2n) is 1.86. The highest BCUT2D eigenvalue weighted by Crippen LogP contribution is 2.08. The summed E-state index contributed by atoms with van der Waals surface area (Å²) in [6, 6.07) is 3.20. The smallest absolute Gasteiger partial charge is 0.337 e. The highest BCUT2D eigenvalue weighted by molar-refractivity contribution is 9.10. The first kappa shape index (κ1) is 11.4. The van der Waals surface area contributed by atoms with Gasteiger partial charge in [0.05, 0.1) is 12.7 Å². The van der Waals surface area contributed by atoms with Gasteiger partial charge in [-0.1, -0.05) is 0 Å². The van der Waals surface area contributed by atoms with Crippen molar-refractivity contribution in [1.29, 1.82) is 0 Å². The Labute approximate surface area is 84.7 Å².